The lowest BCUT2D eigenvalue weighted by molar-refractivity contribution is -0.113. The van der Waals surface area contributed by atoms with Crippen molar-refractivity contribution in [3.05, 3.63) is 52.9 Å². The number of carbonyl (C=O) groups is 1. The lowest BCUT2D eigenvalue weighted by Gasteiger charge is -2.09. The number of hydrogen-bond donors (Lipinski definition) is 1. The second-order valence-electron chi connectivity index (χ2n) is 6.65. The number of thiophene rings is 1. The first-order chi connectivity index (χ1) is 13.7. The first kappa shape index (κ1) is 18.8. The number of nitriles is 1. The fourth-order valence-electron chi connectivity index (χ4n) is 3.53. The molecular weight excluding hydrogens is 388 g/mol. The average molecular weight is 409 g/mol. The van der Waals surface area contributed by atoms with Crippen molar-refractivity contribution in [2.75, 3.05) is 11.1 Å². The molecule has 0 atom stereocenters. The van der Waals surface area contributed by atoms with E-state index < -0.39 is 0 Å². The summed E-state index contributed by atoms with van der Waals surface area (Å²) in [5.74, 6) is 0.130. The standard InChI is InChI=1S/C21H20N4OS2/c1-2-11-25-17-9-5-4-8-16(17)23-21(25)27-13-19(26)24-20-15(12-22)14-7-3-6-10-18(14)28-20/h2,4-5,8-9H,1,3,6-7,10-11,13H2,(H,24,26). The first-order valence-electron chi connectivity index (χ1n) is 9.24. The zero-order chi connectivity index (χ0) is 19.5. The number of imidazole rings is 1. The van der Waals surface area contributed by atoms with E-state index in [1.165, 1.54) is 16.6 Å². The molecule has 7 heteroatoms. The highest BCUT2D eigenvalue weighted by Crippen LogP contribution is 2.37. The summed E-state index contributed by atoms with van der Waals surface area (Å²) in [6.07, 6.45) is 6.03. The summed E-state index contributed by atoms with van der Waals surface area (Å²) in [6.45, 7) is 4.46. The summed E-state index contributed by atoms with van der Waals surface area (Å²) < 4.78 is 2.06. The maximum Gasteiger partial charge on any atom is 0.235 e. The molecular formula is C21H20N4OS2. The normalized spacial score (nSPS) is 13.1. The molecule has 142 valence electrons. The molecule has 1 aromatic carbocycles. The summed E-state index contributed by atoms with van der Waals surface area (Å²) in [5, 5.41) is 14.0. The van der Waals surface area contributed by atoms with Crippen molar-refractivity contribution in [3.8, 4) is 6.07 Å². The molecule has 2 heterocycles. The van der Waals surface area contributed by atoms with Gasteiger partial charge in [-0.2, -0.15) is 5.26 Å². The molecule has 3 aromatic rings. The maximum absolute atomic E-state index is 12.6. The first-order valence-corrected chi connectivity index (χ1v) is 11.0. The third-order valence-electron chi connectivity index (χ3n) is 4.80. The zero-order valence-corrected chi connectivity index (χ0v) is 17.0. The fraction of sp³-hybridized carbons (Fsp3) is 0.286. The van der Waals surface area contributed by atoms with Gasteiger partial charge in [0, 0.05) is 11.4 Å². The van der Waals surface area contributed by atoms with Crippen LogP contribution in [-0.2, 0) is 24.2 Å². The van der Waals surface area contributed by atoms with Crippen molar-refractivity contribution >= 4 is 45.0 Å². The van der Waals surface area contributed by atoms with Gasteiger partial charge in [-0.25, -0.2) is 4.98 Å². The van der Waals surface area contributed by atoms with Crippen molar-refractivity contribution in [2.24, 2.45) is 0 Å². The number of nitrogens with zero attached hydrogens (tertiary/aromatic N) is 3. The van der Waals surface area contributed by atoms with Gasteiger partial charge in [-0.1, -0.05) is 30.0 Å². The number of benzene rings is 1. The van der Waals surface area contributed by atoms with Crippen LogP contribution in [0.25, 0.3) is 11.0 Å². The number of amides is 1. The van der Waals surface area contributed by atoms with Crippen LogP contribution in [0.1, 0.15) is 28.8 Å². The number of aromatic nitrogens is 2. The molecule has 1 aliphatic rings. The van der Waals surface area contributed by atoms with Crippen LogP contribution in [0.15, 0.2) is 42.1 Å². The van der Waals surface area contributed by atoms with Crippen molar-refractivity contribution in [1.82, 2.24) is 9.55 Å². The molecule has 0 aliphatic heterocycles. The lowest BCUT2D eigenvalue weighted by atomic mass is 9.96. The molecule has 0 spiro atoms. The average Bonchev–Trinajstić information content (AvgIpc) is 3.24. The van der Waals surface area contributed by atoms with Crippen LogP contribution in [0, 0.1) is 11.3 Å². The zero-order valence-electron chi connectivity index (χ0n) is 15.4. The Morgan fingerprint density at radius 1 is 1.39 bits per heavy atom. The number of nitrogens with one attached hydrogen (secondary N) is 1. The number of fused-ring (bicyclic) bond motifs is 2. The van der Waals surface area contributed by atoms with Gasteiger partial charge >= 0.3 is 0 Å². The van der Waals surface area contributed by atoms with E-state index in [9.17, 15) is 10.1 Å². The number of carbonyl (C=O) groups excluding carboxylic acids is 1. The van der Waals surface area contributed by atoms with E-state index in [0.717, 1.165) is 47.4 Å². The summed E-state index contributed by atoms with van der Waals surface area (Å²) in [6, 6.07) is 10.2. The van der Waals surface area contributed by atoms with E-state index in [2.05, 4.69) is 27.5 Å². The highest BCUT2D eigenvalue weighted by atomic mass is 32.2. The van der Waals surface area contributed by atoms with Gasteiger partial charge in [-0.05, 0) is 43.4 Å². The number of rotatable bonds is 6. The molecule has 1 N–H and O–H groups in total. The van der Waals surface area contributed by atoms with Crippen molar-refractivity contribution in [3.63, 3.8) is 0 Å². The molecule has 0 radical (unpaired) electrons. The Hall–Kier alpha value is -2.56. The van der Waals surface area contributed by atoms with E-state index in [4.69, 9.17) is 0 Å². The summed E-state index contributed by atoms with van der Waals surface area (Å²) in [4.78, 5) is 18.5. The van der Waals surface area contributed by atoms with Crippen molar-refractivity contribution < 1.29 is 4.79 Å². The molecule has 2 aromatic heterocycles. The lowest BCUT2D eigenvalue weighted by Crippen LogP contribution is -2.14. The number of aryl methyl sites for hydroxylation is 1. The van der Waals surface area contributed by atoms with Gasteiger partial charge in [0.25, 0.3) is 0 Å². The van der Waals surface area contributed by atoms with Gasteiger partial charge in [-0.3, -0.25) is 4.79 Å². The van der Waals surface area contributed by atoms with E-state index >= 15 is 0 Å². The van der Waals surface area contributed by atoms with Crippen LogP contribution in [-0.4, -0.2) is 21.2 Å². The Kier molecular flexibility index (Phi) is 5.51. The minimum Gasteiger partial charge on any atom is -0.316 e. The molecule has 0 saturated carbocycles. The van der Waals surface area contributed by atoms with E-state index in [1.807, 2.05) is 30.3 Å². The smallest absolute Gasteiger partial charge is 0.235 e. The Morgan fingerprint density at radius 2 is 2.21 bits per heavy atom. The van der Waals surface area contributed by atoms with Crippen LogP contribution in [0.5, 0.6) is 0 Å². The van der Waals surface area contributed by atoms with E-state index in [-0.39, 0.29) is 11.7 Å². The van der Waals surface area contributed by atoms with Gasteiger partial charge in [0.1, 0.15) is 11.1 Å². The van der Waals surface area contributed by atoms with Crippen LogP contribution in [0.2, 0.25) is 0 Å². The monoisotopic (exact) mass is 408 g/mol. The largest absolute Gasteiger partial charge is 0.316 e. The third kappa shape index (κ3) is 3.58. The van der Waals surface area contributed by atoms with Crippen LogP contribution < -0.4 is 5.32 Å². The molecule has 28 heavy (non-hydrogen) atoms. The second kappa shape index (κ2) is 8.21. The maximum atomic E-state index is 12.6. The predicted octanol–water partition coefficient (Wildman–Crippen LogP) is 4.77. The third-order valence-corrected chi connectivity index (χ3v) is 6.98. The quantitative estimate of drug-likeness (QED) is 0.471. The van der Waals surface area contributed by atoms with Gasteiger partial charge in [0.2, 0.25) is 5.91 Å². The molecule has 1 aliphatic carbocycles. The topological polar surface area (TPSA) is 70.7 Å². The molecule has 1 amide bonds. The van der Waals surface area contributed by atoms with E-state index in [0.29, 0.717) is 17.1 Å². The van der Waals surface area contributed by atoms with Crippen LogP contribution >= 0.6 is 23.1 Å². The van der Waals surface area contributed by atoms with E-state index in [1.54, 1.807) is 11.3 Å². The minimum absolute atomic E-state index is 0.114. The molecule has 0 fully saturated rings. The van der Waals surface area contributed by atoms with Crippen molar-refractivity contribution in [1.29, 1.82) is 5.26 Å². The highest BCUT2D eigenvalue weighted by Gasteiger charge is 2.22. The Bertz CT molecular complexity index is 1090. The molecule has 0 unspecified atom stereocenters. The Labute approximate surface area is 172 Å². The van der Waals surface area contributed by atoms with Gasteiger partial charge < -0.3 is 9.88 Å². The molecule has 0 bridgehead atoms. The van der Waals surface area contributed by atoms with Crippen LogP contribution in [0.4, 0.5) is 5.00 Å². The highest BCUT2D eigenvalue weighted by molar-refractivity contribution is 7.99. The Balaban J connectivity index is 1.49. The minimum atomic E-state index is -0.114. The number of thioether (sulfide) groups is 1. The van der Waals surface area contributed by atoms with Gasteiger partial charge in [0.15, 0.2) is 5.16 Å². The molecule has 5 nitrogen and oxygen atoms in total. The SMILES string of the molecule is C=CCn1c(SCC(=O)Nc2sc3c(c2C#N)CCCC3)nc2ccccc21. The van der Waals surface area contributed by atoms with Crippen molar-refractivity contribution in [2.45, 2.75) is 37.4 Å². The Morgan fingerprint density at radius 3 is 3.04 bits per heavy atom. The molecule has 0 saturated heterocycles. The summed E-state index contributed by atoms with van der Waals surface area (Å²) in [7, 11) is 0. The molecule has 4 rings (SSSR count). The number of allylic oxidation sites excluding steroid dienone is 1. The summed E-state index contributed by atoms with van der Waals surface area (Å²) in [5.41, 5.74) is 3.72. The fourth-order valence-corrected chi connectivity index (χ4v) is 5.61. The summed E-state index contributed by atoms with van der Waals surface area (Å²) >= 11 is 2.96. The number of para-hydroxylation sites is 2. The predicted molar refractivity (Wildman–Crippen MR) is 115 cm³/mol. The number of hydrogen-bond acceptors (Lipinski definition) is 5. The van der Waals surface area contributed by atoms with Gasteiger partial charge in [-0.15, -0.1) is 17.9 Å². The van der Waals surface area contributed by atoms with Crippen LogP contribution in [0.3, 0.4) is 0 Å². The van der Waals surface area contributed by atoms with Gasteiger partial charge in [0.05, 0.1) is 22.3 Å². The second-order valence-corrected chi connectivity index (χ2v) is 8.69. The number of anilines is 1.